The third kappa shape index (κ3) is 1.90. The number of hydrogen-bond donors (Lipinski definition) is 5. The summed E-state index contributed by atoms with van der Waals surface area (Å²) >= 11 is 0. The molecule has 0 spiro atoms. The van der Waals surface area contributed by atoms with Crippen LogP contribution in [-0.2, 0) is 4.74 Å². The molecule has 0 radical (unpaired) electrons. The lowest BCUT2D eigenvalue weighted by Gasteiger charge is -2.43. The zero-order chi connectivity index (χ0) is 11.6. The standard InChI is InChI=1S/C6H11N3O6/c7-9-8-6(14)3(11)2(1-10)15-5(13)4(6)12/h2-5,10-14H,1H2/t2-,3+,4+,5-,6+/m1/s1. The third-order valence-corrected chi connectivity index (χ3v) is 2.19. The summed E-state index contributed by atoms with van der Waals surface area (Å²) < 4.78 is 4.56. The van der Waals surface area contributed by atoms with Crippen LogP contribution >= 0.6 is 0 Å². The molecule has 0 saturated carbocycles. The van der Waals surface area contributed by atoms with Crippen molar-refractivity contribution >= 4 is 0 Å². The van der Waals surface area contributed by atoms with Crippen molar-refractivity contribution in [1.29, 1.82) is 0 Å². The van der Waals surface area contributed by atoms with Gasteiger partial charge in [-0.3, -0.25) is 0 Å². The molecule has 0 amide bonds. The summed E-state index contributed by atoms with van der Waals surface area (Å²) in [6.07, 6.45) is -7.04. The van der Waals surface area contributed by atoms with Crippen LogP contribution in [0.1, 0.15) is 0 Å². The highest BCUT2D eigenvalue weighted by molar-refractivity contribution is 4.99. The molecule has 0 aliphatic carbocycles. The minimum atomic E-state index is -2.63. The van der Waals surface area contributed by atoms with E-state index in [1.165, 1.54) is 0 Å². The quantitative estimate of drug-likeness (QED) is 0.195. The van der Waals surface area contributed by atoms with Gasteiger partial charge in [0, 0.05) is 4.91 Å². The first-order chi connectivity index (χ1) is 6.97. The SMILES string of the molecule is [N-]=[N+]=N[C@@]1(O)[C@@H](O)[C@H](O)O[C@H](CO)[C@@H]1O. The van der Waals surface area contributed by atoms with Crippen LogP contribution in [0, 0.1) is 0 Å². The summed E-state index contributed by atoms with van der Waals surface area (Å²) in [5.74, 6) is 0. The number of rotatable bonds is 2. The molecule has 15 heavy (non-hydrogen) atoms. The summed E-state index contributed by atoms with van der Waals surface area (Å²) in [4.78, 5) is 2.24. The van der Waals surface area contributed by atoms with E-state index in [-0.39, 0.29) is 0 Å². The van der Waals surface area contributed by atoms with Crippen LogP contribution in [0.25, 0.3) is 10.4 Å². The van der Waals surface area contributed by atoms with Crippen molar-refractivity contribution < 1.29 is 30.3 Å². The number of azide groups is 1. The van der Waals surface area contributed by atoms with Crippen molar-refractivity contribution in [2.75, 3.05) is 6.61 Å². The highest BCUT2D eigenvalue weighted by atomic mass is 16.6. The van der Waals surface area contributed by atoms with Crippen molar-refractivity contribution in [2.24, 2.45) is 5.11 Å². The molecule has 1 fully saturated rings. The summed E-state index contributed by atoms with van der Waals surface area (Å²) in [6, 6.07) is 0. The maximum atomic E-state index is 9.61. The largest absolute Gasteiger partial charge is 0.394 e. The molecule has 5 atom stereocenters. The van der Waals surface area contributed by atoms with Crippen molar-refractivity contribution in [3.05, 3.63) is 10.4 Å². The molecule has 1 saturated heterocycles. The van der Waals surface area contributed by atoms with Gasteiger partial charge in [-0.1, -0.05) is 5.11 Å². The van der Waals surface area contributed by atoms with E-state index >= 15 is 0 Å². The van der Waals surface area contributed by atoms with Gasteiger partial charge >= 0.3 is 0 Å². The zero-order valence-corrected chi connectivity index (χ0v) is 7.50. The Morgan fingerprint density at radius 3 is 2.40 bits per heavy atom. The second-order valence-electron chi connectivity index (χ2n) is 3.11. The normalized spacial score (nSPS) is 45.9. The van der Waals surface area contributed by atoms with Crippen molar-refractivity contribution in [2.45, 2.75) is 30.3 Å². The van der Waals surface area contributed by atoms with Crippen LogP contribution in [-0.4, -0.2) is 62.5 Å². The fourth-order valence-electron chi connectivity index (χ4n) is 1.32. The lowest BCUT2D eigenvalue weighted by molar-refractivity contribution is -0.319. The predicted molar refractivity (Wildman–Crippen MR) is 44.1 cm³/mol. The van der Waals surface area contributed by atoms with Crippen molar-refractivity contribution in [3.8, 4) is 0 Å². The van der Waals surface area contributed by atoms with Gasteiger partial charge < -0.3 is 30.3 Å². The van der Waals surface area contributed by atoms with Gasteiger partial charge in [-0.2, -0.15) is 0 Å². The van der Waals surface area contributed by atoms with Gasteiger partial charge in [0.15, 0.2) is 6.29 Å². The molecule has 0 unspecified atom stereocenters. The van der Waals surface area contributed by atoms with Gasteiger partial charge in [0.05, 0.1) is 6.61 Å². The second-order valence-corrected chi connectivity index (χ2v) is 3.11. The molecule has 5 N–H and O–H groups in total. The minimum Gasteiger partial charge on any atom is -0.394 e. The highest BCUT2D eigenvalue weighted by Gasteiger charge is 2.54. The van der Waals surface area contributed by atoms with Gasteiger partial charge in [0.1, 0.15) is 18.3 Å². The van der Waals surface area contributed by atoms with E-state index in [1.807, 2.05) is 0 Å². The Bertz CT molecular complexity index is 282. The van der Waals surface area contributed by atoms with Crippen molar-refractivity contribution in [1.82, 2.24) is 0 Å². The molecule has 1 aliphatic rings. The number of nitrogens with zero attached hydrogens (tertiary/aromatic N) is 3. The Balaban J connectivity index is 3.03. The average Bonchev–Trinajstić information content (AvgIpc) is 2.21. The first-order valence-corrected chi connectivity index (χ1v) is 4.06. The molecule has 9 nitrogen and oxygen atoms in total. The number of aliphatic hydroxyl groups excluding tert-OH is 4. The molecule has 1 aliphatic heterocycles. The van der Waals surface area contributed by atoms with Crippen LogP contribution in [0.4, 0.5) is 0 Å². The predicted octanol–water partition coefficient (Wildman–Crippen LogP) is -2.58. The van der Waals surface area contributed by atoms with Gasteiger partial charge in [0.2, 0.25) is 5.72 Å². The van der Waals surface area contributed by atoms with Gasteiger partial charge in [-0.25, -0.2) is 0 Å². The van der Waals surface area contributed by atoms with E-state index in [9.17, 15) is 15.3 Å². The molecule has 1 heterocycles. The molecule has 0 aromatic heterocycles. The Morgan fingerprint density at radius 1 is 1.33 bits per heavy atom. The minimum absolute atomic E-state index is 0.714. The fraction of sp³-hybridized carbons (Fsp3) is 1.00. The fourth-order valence-corrected chi connectivity index (χ4v) is 1.32. The van der Waals surface area contributed by atoms with Crippen LogP contribution < -0.4 is 0 Å². The van der Waals surface area contributed by atoms with E-state index in [2.05, 4.69) is 14.8 Å². The van der Waals surface area contributed by atoms with Crippen LogP contribution in [0.3, 0.4) is 0 Å². The van der Waals surface area contributed by atoms with E-state index in [0.29, 0.717) is 0 Å². The Morgan fingerprint density at radius 2 is 1.93 bits per heavy atom. The number of aliphatic hydroxyl groups is 5. The van der Waals surface area contributed by atoms with Gasteiger partial charge in [0.25, 0.3) is 0 Å². The maximum absolute atomic E-state index is 9.61. The summed E-state index contributed by atoms with van der Waals surface area (Å²) in [5.41, 5.74) is 5.53. The van der Waals surface area contributed by atoms with Crippen LogP contribution in [0.5, 0.6) is 0 Å². The molecule has 1 rings (SSSR count). The molecule has 0 aromatic carbocycles. The van der Waals surface area contributed by atoms with E-state index in [0.717, 1.165) is 0 Å². The summed E-state index contributed by atoms with van der Waals surface area (Å²) in [7, 11) is 0. The van der Waals surface area contributed by atoms with E-state index in [1.54, 1.807) is 0 Å². The van der Waals surface area contributed by atoms with Gasteiger partial charge in [-0.05, 0) is 5.53 Å². The number of hydrogen-bond acceptors (Lipinski definition) is 7. The Hall–Kier alpha value is -0.930. The molecule has 86 valence electrons. The maximum Gasteiger partial charge on any atom is 0.203 e. The van der Waals surface area contributed by atoms with Crippen molar-refractivity contribution in [3.63, 3.8) is 0 Å². The van der Waals surface area contributed by atoms with E-state index < -0.39 is 36.9 Å². The van der Waals surface area contributed by atoms with Gasteiger partial charge in [-0.15, -0.1) is 0 Å². The topological polar surface area (TPSA) is 159 Å². The monoisotopic (exact) mass is 221 g/mol. The smallest absolute Gasteiger partial charge is 0.203 e. The molecular weight excluding hydrogens is 210 g/mol. The highest BCUT2D eigenvalue weighted by Crippen LogP contribution is 2.30. The zero-order valence-electron chi connectivity index (χ0n) is 7.50. The molecular formula is C6H11N3O6. The first-order valence-electron chi connectivity index (χ1n) is 4.06. The lowest BCUT2D eigenvalue weighted by Crippen LogP contribution is -2.66. The summed E-state index contributed by atoms with van der Waals surface area (Å²) in [6.45, 7) is -0.714. The van der Waals surface area contributed by atoms with E-state index in [4.69, 9.17) is 15.7 Å². The molecule has 0 aromatic rings. The molecule has 0 bridgehead atoms. The van der Waals surface area contributed by atoms with Crippen LogP contribution in [0.2, 0.25) is 0 Å². The Labute approximate surface area is 83.8 Å². The lowest BCUT2D eigenvalue weighted by atomic mass is 9.93. The summed E-state index contributed by atoms with van der Waals surface area (Å²) in [5, 5.41) is 49.0. The molecule has 9 heteroatoms. The average molecular weight is 221 g/mol. The Kier molecular flexibility index (Phi) is 3.47. The second kappa shape index (κ2) is 4.29. The van der Waals surface area contributed by atoms with Crippen LogP contribution in [0.15, 0.2) is 5.11 Å². The third-order valence-electron chi connectivity index (χ3n) is 2.19. The number of ether oxygens (including phenoxy) is 1. The first kappa shape index (κ1) is 12.1.